The Morgan fingerprint density at radius 2 is 2.08 bits per heavy atom. The van der Waals surface area contributed by atoms with Gasteiger partial charge in [0.15, 0.2) is 5.79 Å². The van der Waals surface area contributed by atoms with Gasteiger partial charge in [0.2, 0.25) is 11.5 Å². The Bertz CT molecular complexity index is 1380. The number of hydrogen-bond donors (Lipinski definition) is 3. The van der Waals surface area contributed by atoms with Gasteiger partial charge in [-0.1, -0.05) is 18.2 Å². The topological polar surface area (TPSA) is 109 Å². The van der Waals surface area contributed by atoms with Gasteiger partial charge in [-0.25, -0.2) is 0 Å². The van der Waals surface area contributed by atoms with Gasteiger partial charge in [-0.05, 0) is 38.5 Å². The monoisotopic (exact) mass is 558 g/mol. The number of hydrogen-bond acceptors (Lipinski definition) is 9. The van der Waals surface area contributed by atoms with E-state index in [4.69, 9.17) is 19.2 Å². The maximum atomic E-state index is 13.9. The fraction of sp³-hybridized carbons (Fsp3) is 0.444. The summed E-state index contributed by atoms with van der Waals surface area (Å²) in [6, 6.07) is 9.55. The highest BCUT2D eigenvalue weighted by Gasteiger charge is 2.47. The number of rotatable bonds is 6. The summed E-state index contributed by atoms with van der Waals surface area (Å²) in [6.45, 7) is 5.76. The zero-order chi connectivity index (χ0) is 28.1. The molecular weight excluding hydrogens is 529 g/mol. The van der Waals surface area contributed by atoms with Crippen molar-refractivity contribution in [3.63, 3.8) is 0 Å². The molecule has 212 valence electrons. The van der Waals surface area contributed by atoms with Crippen molar-refractivity contribution in [3.05, 3.63) is 65.5 Å². The van der Waals surface area contributed by atoms with E-state index in [1.807, 2.05) is 13.8 Å². The van der Waals surface area contributed by atoms with Crippen molar-refractivity contribution in [2.24, 2.45) is 4.99 Å². The standard InChI is InChI=1S/C27H29F3N6O4/c1-25(2)39-15-19(40-25)14-38-22-8-4-7-21(33-22)34-24(37)26(16-5-3-6-17(11-16)27(28,29)30)31-12-20-23(35-26)32-18-9-10-36(20)13-18/h3-8,11-12,18-19,31H,9-10,13-15H2,1-2H3,(H,32,35)(H,33,34,37)/t18-,19-,26?/m0/s1. The van der Waals surface area contributed by atoms with E-state index in [0.29, 0.717) is 12.4 Å². The first-order chi connectivity index (χ1) is 19.0. The molecule has 10 nitrogen and oxygen atoms in total. The number of benzene rings is 1. The van der Waals surface area contributed by atoms with Gasteiger partial charge in [-0.2, -0.15) is 18.2 Å². The van der Waals surface area contributed by atoms with E-state index in [1.165, 1.54) is 12.1 Å². The molecule has 13 heteroatoms. The number of aromatic nitrogens is 1. The number of aliphatic imine (C=N–C) groups is 1. The van der Waals surface area contributed by atoms with E-state index < -0.39 is 29.1 Å². The van der Waals surface area contributed by atoms with E-state index >= 15 is 0 Å². The van der Waals surface area contributed by atoms with Gasteiger partial charge in [0.1, 0.15) is 24.4 Å². The van der Waals surface area contributed by atoms with Crippen LogP contribution in [0.3, 0.4) is 0 Å². The molecule has 0 spiro atoms. The van der Waals surface area contributed by atoms with Crippen LogP contribution >= 0.6 is 0 Å². The van der Waals surface area contributed by atoms with Gasteiger partial charge >= 0.3 is 6.18 Å². The van der Waals surface area contributed by atoms with Gasteiger partial charge in [0.05, 0.1) is 23.9 Å². The van der Waals surface area contributed by atoms with Crippen LogP contribution in [0, 0.1) is 0 Å². The lowest BCUT2D eigenvalue weighted by Crippen LogP contribution is -2.65. The molecule has 3 N–H and O–H groups in total. The molecule has 4 aliphatic heterocycles. The van der Waals surface area contributed by atoms with Crippen LogP contribution in [0.2, 0.25) is 0 Å². The van der Waals surface area contributed by atoms with Crippen LogP contribution < -0.4 is 20.7 Å². The number of amides is 1. The van der Waals surface area contributed by atoms with E-state index in [0.717, 1.165) is 37.3 Å². The van der Waals surface area contributed by atoms with Crippen LogP contribution in [0.25, 0.3) is 0 Å². The molecule has 2 bridgehead atoms. The number of nitrogens with one attached hydrogen (secondary N) is 3. The molecule has 3 atom stereocenters. The van der Waals surface area contributed by atoms with E-state index in [2.05, 4.69) is 25.8 Å². The molecule has 1 unspecified atom stereocenters. The van der Waals surface area contributed by atoms with Crippen molar-refractivity contribution in [3.8, 4) is 5.88 Å². The molecule has 2 aromatic rings. The highest BCUT2D eigenvalue weighted by molar-refractivity contribution is 6.07. The van der Waals surface area contributed by atoms with Gasteiger partial charge < -0.3 is 35.1 Å². The Hall–Kier alpha value is -3.84. The summed E-state index contributed by atoms with van der Waals surface area (Å²) < 4.78 is 57.9. The van der Waals surface area contributed by atoms with Crippen molar-refractivity contribution in [2.45, 2.75) is 50.0 Å². The second-order valence-corrected chi connectivity index (χ2v) is 10.6. The lowest BCUT2D eigenvalue weighted by Gasteiger charge is -2.42. The summed E-state index contributed by atoms with van der Waals surface area (Å²) in [4.78, 5) is 25.1. The number of carbonyl (C=O) groups is 1. The molecule has 40 heavy (non-hydrogen) atoms. The molecule has 5 heterocycles. The predicted molar refractivity (Wildman–Crippen MR) is 138 cm³/mol. The largest absolute Gasteiger partial charge is 0.475 e. The fourth-order valence-electron chi connectivity index (χ4n) is 5.25. The van der Waals surface area contributed by atoms with Crippen molar-refractivity contribution in [1.82, 2.24) is 20.5 Å². The summed E-state index contributed by atoms with van der Waals surface area (Å²) in [5.41, 5.74) is -1.83. The maximum absolute atomic E-state index is 13.9. The summed E-state index contributed by atoms with van der Waals surface area (Å²) in [5, 5.41) is 8.91. The molecule has 1 aromatic carbocycles. The number of carbonyl (C=O) groups excluding carboxylic acids is 1. The van der Waals surface area contributed by atoms with Crippen molar-refractivity contribution < 1.29 is 32.2 Å². The number of amidine groups is 1. The Kier molecular flexibility index (Phi) is 6.37. The Morgan fingerprint density at radius 3 is 2.85 bits per heavy atom. The Balaban J connectivity index is 1.27. The highest BCUT2D eigenvalue weighted by atomic mass is 19.4. The SMILES string of the molecule is CC1(C)OC[C@H](COc2cccc(NC(=O)C3(c4cccc(C(F)(F)F)c4)NC=C4C(=N[C@H]5CCN4C5)N3)n2)O1. The average molecular weight is 559 g/mol. The first-order valence-corrected chi connectivity index (χ1v) is 13.0. The minimum atomic E-state index is -4.59. The molecule has 2 fully saturated rings. The number of pyridine rings is 1. The van der Waals surface area contributed by atoms with Crippen molar-refractivity contribution in [2.75, 3.05) is 31.6 Å². The summed E-state index contributed by atoms with van der Waals surface area (Å²) in [6.07, 6.45) is -2.38. The minimum Gasteiger partial charge on any atom is -0.475 e. The maximum Gasteiger partial charge on any atom is 0.416 e. The van der Waals surface area contributed by atoms with Crippen molar-refractivity contribution >= 4 is 17.6 Å². The van der Waals surface area contributed by atoms with Gasteiger partial charge in [0, 0.05) is 30.9 Å². The van der Waals surface area contributed by atoms with Gasteiger partial charge in [0.25, 0.3) is 5.91 Å². The molecule has 1 amide bonds. The van der Waals surface area contributed by atoms with E-state index in [-0.39, 0.29) is 36.0 Å². The quantitative estimate of drug-likeness (QED) is 0.497. The van der Waals surface area contributed by atoms with Crippen LogP contribution in [0.15, 0.2) is 59.4 Å². The third-order valence-corrected chi connectivity index (χ3v) is 7.20. The summed E-state index contributed by atoms with van der Waals surface area (Å²) >= 11 is 0. The molecule has 0 radical (unpaired) electrons. The van der Waals surface area contributed by atoms with Crippen LogP contribution in [-0.4, -0.2) is 65.9 Å². The molecule has 1 aromatic heterocycles. The fourth-order valence-corrected chi connectivity index (χ4v) is 5.25. The zero-order valence-corrected chi connectivity index (χ0v) is 21.9. The second kappa shape index (κ2) is 9.66. The number of halogens is 3. The zero-order valence-electron chi connectivity index (χ0n) is 21.9. The molecule has 4 aliphatic rings. The van der Waals surface area contributed by atoms with Gasteiger partial charge in [-0.3, -0.25) is 9.79 Å². The van der Waals surface area contributed by atoms with E-state index in [9.17, 15) is 18.0 Å². The first-order valence-electron chi connectivity index (χ1n) is 13.0. The number of fused-ring (bicyclic) bond motifs is 4. The van der Waals surface area contributed by atoms with Crippen LogP contribution in [0.4, 0.5) is 19.0 Å². The second-order valence-electron chi connectivity index (χ2n) is 10.6. The molecule has 0 aliphatic carbocycles. The van der Waals surface area contributed by atoms with Crippen LogP contribution in [-0.2, 0) is 26.1 Å². The van der Waals surface area contributed by atoms with E-state index in [1.54, 1.807) is 24.4 Å². The molecule has 0 saturated carbocycles. The lowest BCUT2D eigenvalue weighted by atomic mass is 9.94. The molecule has 2 saturated heterocycles. The number of anilines is 1. The lowest BCUT2D eigenvalue weighted by molar-refractivity contribution is -0.141. The Morgan fingerprint density at radius 1 is 1.25 bits per heavy atom. The minimum absolute atomic E-state index is 0.0512. The number of alkyl halides is 3. The first kappa shape index (κ1) is 26.4. The van der Waals surface area contributed by atoms with Crippen LogP contribution in [0.1, 0.15) is 31.4 Å². The predicted octanol–water partition coefficient (Wildman–Crippen LogP) is 2.94. The highest BCUT2D eigenvalue weighted by Crippen LogP contribution is 2.35. The molecular formula is C27H29F3N6O4. The normalized spacial score (nSPS) is 26.7. The van der Waals surface area contributed by atoms with Crippen LogP contribution in [0.5, 0.6) is 5.88 Å². The number of nitrogens with zero attached hydrogens (tertiary/aromatic N) is 3. The number of ether oxygens (including phenoxy) is 3. The Labute approximate surface area is 228 Å². The average Bonchev–Trinajstić information content (AvgIpc) is 3.48. The van der Waals surface area contributed by atoms with Crippen molar-refractivity contribution in [1.29, 1.82) is 0 Å². The summed E-state index contributed by atoms with van der Waals surface area (Å²) in [7, 11) is 0. The summed E-state index contributed by atoms with van der Waals surface area (Å²) in [5.74, 6) is -0.510. The molecule has 6 rings (SSSR count). The smallest absolute Gasteiger partial charge is 0.416 e. The third-order valence-electron chi connectivity index (χ3n) is 7.20. The third kappa shape index (κ3) is 5.06. The van der Waals surface area contributed by atoms with Gasteiger partial charge in [-0.15, -0.1) is 0 Å².